The molecule has 0 amide bonds. The fourth-order valence-corrected chi connectivity index (χ4v) is 1.81. The van der Waals surface area contributed by atoms with E-state index < -0.39 is 5.78 Å². The monoisotopic (exact) mass is 245 g/mol. The summed E-state index contributed by atoms with van der Waals surface area (Å²) in [5, 5.41) is 0. The molecule has 18 heavy (non-hydrogen) atoms. The van der Waals surface area contributed by atoms with E-state index in [9.17, 15) is 9.59 Å². The zero-order valence-electron chi connectivity index (χ0n) is 10.7. The lowest BCUT2D eigenvalue weighted by Crippen LogP contribution is -2.16. The highest BCUT2D eigenvalue weighted by atomic mass is 16.3. The van der Waals surface area contributed by atoms with E-state index in [1.807, 2.05) is 13.8 Å². The van der Waals surface area contributed by atoms with Gasteiger partial charge in [-0.1, -0.05) is 13.8 Å². The van der Waals surface area contributed by atoms with Crippen LogP contribution in [0.2, 0.25) is 0 Å². The molecule has 0 radical (unpaired) electrons. The Labute approximate surface area is 105 Å². The number of aromatic nitrogens is 1. The largest absolute Gasteiger partial charge is 0.441 e. The summed E-state index contributed by atoms with van der Waals surface area (Å²) in [6.45, 7) is 5.57. The number of oxazole rings is 1. The second-order valence-electron chi connectivity index (χ2n) is 4.77. The Morgan fingerprint density at radius 3 is 2.72 bits per heavy atom. The van der Waals surface area contributed by atoms with E-state index in [0.717, 1.165) is 0 Å². The third-order valence-electron chi connectivity index (χ3n) is 2.60. The Morgan fingerprint density at radius 2 is 2.06 bits per heavy atom. The van der Waals surface area contributed by atoms with E-state index >= 15 is 0 Å². The van der Waals surface area contributed by atoms with Crippen LogP contribution >= 0.6 is 0 Å². The molecule has 2 rings (SSSR count). The maximum absolute atomic E-state index is 11.9. The van der Waals surface area contributed by atoms with Crippen molar-refractivity contribution in [1.82, 2.24) is 4.98 Å². The number of Topliss-reactive ketones (excluding diaryl/α,β-unsaturated/α-hetero) is 2. The molecule has 4 heteroatoms. The van der Waals surface area contributed by atoms with Crippen LogP contribution in [0.1, 0.15) is 36.5 Å². The fourth-order valence-electron chi connectivity index (χ4n) is 1.81. The normalized spacial score (nSPS) is 11.1. The van der Waals surface area contributed by atoms with Crippen LogP contribution in [-0.4, -0.2) is 16.6 Å². The summed E-state index contributed by atoms with van der Waals surface area (Å²) in [5.74, 6) is -0.0848. The molecule has 0 aliphatic rings. The predicted octanol–water partition coefficient (Wildman–Crippen LogP) is 2.93. The first-order valence-corrected chi connectivity index (χ1v) is 5.92. The van der Waals surface area contributed by atoms with Crippen molar-refractivity contribution in [2.24, 2.45) is 5.92 Å². The number of fused-ring (bicyclic) bond motifs is 1. The minimum absolute atomic E-state index is 0.180. The highest BCUT2D eigenvalue weighted by molar-refractivity contribution is 6.43. The van der Waals surface area contributed by atoms with Gasteiger partial charge in [0.1, 0.15) is 5.52 Å². The van der Waals surface area contributed by atoms with Gasteiger partial charge in [-0.3, -0.25) is 9.59 Å². The summed E-state index contributed by atoms with van der Waals surface area (Å²) >= 11 is 0. The van der Waals surface area contributed by atoms with Crippen molar-refractivity contribution in [1.29, 1.82) is 0 Å². The van der Waals surface area contributed by atoms with Crippen molar-refractivity contribution < 1.29 is 14.0 Å². The molecule has 94 valence electrons. The van der Waals surface area contributed by atoms with Crippen LogP contribution in [-0.2, 0) is 4.79 Å². The Kier molecular flexibility index (Phi) is 3.28. The topological polar surface area (TPSA) is 60.2 Å². The van der Waals surface area contributed by atoms with Gasteiger partial charge in [0.2, 0.25) is 11.6 Å². The summed E-state index contributed by atoms with van der Waals surface area (Å²) in [6.07, 6.45) is 0.273. The SMILES string of the molecule is Cc1nc2cc(C(=O)C(=O)CC(C)C)ccc2o1. The molecule has 0 saturated heterocycles. The Hall–Kier alpha value is -1.97. The second-order valence-corrected chi connectivity index (χ2v) is 4.77. The molecule has 2 aromatic rings. The lowest BCUT2D eigenvalue weighted by molar-refractivity contribution is -0.115. The molecule has 0 atom stereocenters. The van der Waals surface area contributed by atoms with Crippen molar-refractivity contribution in [3.8, 4) is 0 Å². The molecular formula is C14H15NO3. The average Bonchev–Trinajstić information content (AvgIpc) is 2.65. The summed E-state index contributed by atoms with van der Waals surface area (Å²) in [4.78, 5) is 27.8. The summed E-state index contributed by atoms with van der Waals surface area (Å²) < 4.78 is 5.32. The molecule has 0 aliphatic heterocycles. The number of aryl methyl sites for hydroxylation is 1. The van der Waals surface area contributed by atoms with Crippen molar-refractivity contribution in [3.63, 3.8) is 0 Å². The first-order valence-electron chi connectivity index (χ1n) is 5.92. The van der Waals surface area contributed by atoms with Gasteiger partial charge >= 0.3 is 0 Å². The lowest BCUT2D eigenvalue weighted by Gasteiger charge is -2.02. The van der Waals surface area contributed by atoms with Gasteiger partial charge < -0.3 is 4.42 Å². The van der Waals surface area contributed by atoms with Crippen LogP contribution < -0.4 is 0 Å². The van der Waals surface area contributed by atoms with Crippen LogP contribution in [0, 0.1) is 12.8 Å². The van der Waals surface area contributed by atoms with Crippen molar-refractivity contribution in [3.05, 3.63) is 29.7 Å². The van der Waals surface area contributed by atoms with Crippen LogP contribution in [0.15, 0.2) is 22.6 Å². The van der Waals surface area contributed by atoms with E-state index in [2.05, 4.69) is 4.98 Å². The molecule has 1 heterocycles. The number of rotatable bonds is 4. The second kappa shape index (κ2) is 4.72. The molecule has 0 bridgehead atoms. The highest BCUT2D eigenvalue weighted by Gasteiger charge is 2.18. The molecule has 0 saturated carbocycles. The highest BCUT2D eigenvalue weighted by Crippen LogP contribution is 2.18. The molecule has 0 fully saturated rings. The summed E-state index contributed by atoms with van der Waals surface area (Å²) in [6, 6.07) is 4.88. The smallest absolute Gasteiger partial charge is 0.228 e. The first-order chi connectivity index (χ1) is 8.47. The van der Waals surface area contributed by atoms with Gasteiger partial charge in [0.05, 0.1) is 0 Å². The van der Waals surface area contributed by atoms with Gasteiger partial charge in [-0.2, -0.15) is 0 Å². The molecule has 1 aromatic heterocycles. The maximum Gasteiger partial charge on any atom is 0.228 e. The Morgan fingerprint density at radius 1 is 1.33 bits per heavy atom. The average molecular weight is 245 g/mol. The Balaban J connectivity index is 2.30. The van der Waals surface area contributed by atoms with E-state index in [4.69, 9.17) is 4.42 Å². The lowest BCUT2D eigenvalue weighted by atomic mass is 10.00. The molecule has 0 unspecified atom stereocenters. The van der Waals surface area contributed by atoms with E-state index in [0.29, 0.717) is 22.6 Å². The number of carbonyl (C=O) groups excluding carboxylic acids is 2. The first kappa shape index (κ1) is 12.5. The van der Waals surface area contributed by atoms with Crippen LogP contribution in [0.25, 0.3) is 11.1 Å². The van der Waals surface area contributed by atoms with Crippen molar-refractivity contribution in [2.45, 2.75) is 27.2 Å². The molecule has 0 N–H and O–H groups in total. The van der Waals surface area contributed by atoms with Crippen LogP contribution in [0.4, 0.5) is 0 Å². The van der Waals surface area contributed by atoms with E-state index in [-0.39, 0.29) is 18.1 Å². The van der Waals surface area contributed by atoms with Gasteiger partial charge in [-0.25, -0.2) is 4.98 Å². The van der Waals surface area contributed by atoms with Gasteiger partial charge in [0.15, 0.2) is 11.5 Å². The quantitative estimate of drug-likeness (QED) is 0.613. The maximum atomic E-state index is 11.9. The molecular weight excluding hydrogens is 230 g/mol. The summed E-state index contributed by atoms with van der Waals surface area (Å²) in [7, 11) is 0. The minimum Gasteiger partial charge on any atom is -0.441 e. The zero-order valence-corrected chi connectivity index (χ0v) is 10.7. The van der Waals surface area contributed by atoms with E-state index in [1.54, 1.807) is 25.1 Å². The number of hydrogen-bond donors (Lipinski definition) is 0. The third kappa shape index (κ3) is 2.47. The molecule has 1 aromatic carbocycles. The molecule has 0 aliphatic carbocycles. The molecule has 4 nitrogen and oxygen atoms in total. The van der Waals surface area contributed by atoms with Gasteiger partial charge in [0, 0.05) is 18.9 Å². The third-order valence-corrected chi connectivity index (χ3v) is 2.60. The van der Waals surface area contributed by atoms with Crippen LogP contribution in [0.3, 0.4) is 0 Å². The van der Waals surface area contributed by atoms with Gasteiger partial charge in [-0.15, -0.1) is 0 Å². The van der Waals surface area contributed by atoms with Gasteiger partial charge in [-0.05, 0) is 24.1 Å². The standard InChI is InChI=1S/C14H15NO3/c1-8(2)6-12(16)14(17)10-4-5-13-11(7-10)15-9(3)18-13/h4-5,7-8H,6H2,1-3H3. The number of benzene rings is 1. The van der Waals surface area contributed by atoms with E-state index in [1.165, 1.54) is 0 Å². The number of hydrogen-bond acceptors (Lipinski definition) is 4. The van der Waals surface area contributed by atoms with Gasteiger partial charge in [0.25, 0.3) is 0 Å². The number of ketones is 2. The minimum atomic E-state index is -0.453. The fraction of sp³-hybridized carbons (Fsp3) is 0.357. The van der Waals surface area contributed by atoms with Crippen molar-refractivity contribution in [2.75, 3.05) is 0 Å². The predicted molar refractivity (Wildman–Crippen MR) is 67.5 cm³/mol. The summed E-state index contributed by atoms with van der Waals surface area (Å²) in [5.41, 5.74) is 1.61. The Bertz CT molecular complexity index is 611. The van der Waals surface area contributed by atoms with Crippen molar-refractivity contribution >= 4 is 22.7 Å². The number of carbonyl (C=O) groups is 2. The molecule has 0 spiro atoms. The number of nitrogens with zero attached hydrogens (tertiary/aromatic N) is 1. The van der Waals surface area contributed by atoms with Crippen LogP contribution in [0.5, 0.6) is 0 Å². The zero-order chi connectivity index (χ0) is 13.3.